The molecular formula is C13H17N3OS. The first-order valence-corrected chi connectivity index (χ1v) is 7.40. The fourth-order valence-electron chi connectivity index (χ4n) is 2.62. The van der Waals surface area contributed by atoms with E-state index in [9.17, 15) is 4.79 Å². The average Bonchev–Trinajstić information content (AvgIpc) is 2.89. The van der Waals surface area contributed by atoms with Gasteiger partial charge in [0.25, 0.3) is 5.56 Å². The Morgan fingerprint density at radius 1 is 1.39 bits per heavy atom. The lowest BCUT2D eigenvalue weighted by Gasteiger charge is -2.31. The fraction of sp³-hybridized carbons (Fsp3) is 0.538. The van der Waals surface area contributed by atoms with Gasteiger partial charge in [0.15, 0.2) is 0 Å². The molecule has 0 N–H and O–H groups in total. The third-order valence-electron chi connectivity index (χ3n) is 3.80. The smallest absolute Gasteiger partial charge is 0.275 e. The summed E-state index contributed by atoms with van der Waals surface area (Å²) in [6.45, 7) is 5.41. The van der Waals surface area contributed by atoms with Crippen molar-refractivity contribution in [3.8, 4) is 0 Å². The number of hydrogen-bond donors (Lipinski definition) is 0. The number of rotatable bonds is 2. The third kappa shape index (κ3) is 1.97. The molecule has 0 unspecified atom stereocenters. The Morgan fingerprint density at radius 3 is 2.89 bits per heavy atom. The number of thiophene rings is 1. The van der Waals surface area contributed by atoms with Gasteiger partial charge in [-0.25, -0.2) is 4.68 Å². The summed E-state index contributed by atoms with van der Waals surface area (Å²) >= 11 is 1.56. The van der Waals surface area contributed by atoms with E-state index in [0.717, 1.165) is 43.2 Å². The van der Waals surface area contributed by atoms with Crippen LogP contribution >= 0.6 is 11.3 Å². The number of likely N-dealkylation sites (tertiary alicyclic amines) is 1. The fourth-order valence-corrected chi connectivity index (χ4v) is 3.40. The molecule has 0 aromatic carbocycles. The zero-order chi connectivity index (χ0) is 12.5. The monoisotopic (exact) mass is 263 g/mol. The van der Waals surface area contributed by atoms with Crippen LogP contribution in [0, 0.1) is 0 Å². The van der Waals surface area contributed by atoms with E-state index in [0.29, 0.717) is 0 Å². The van der Waals surface area contributed by atoms with Crippen molar-refractivity contribution in [3.05, 3.63) is 27.3 Å². The molecule has 0 saturated carbocycles. The normalized spacial score (nSPS) is 18.5. The maximum atomic E-state index is 12.3. The molecule has 2 aromatic heterocycles. The Hall–Kier alpha value is -1.20. The summed E-state index contributed by atoms with van der Waals surface area (Å²) in [7, 11) is 0. The molecule has 3 heterocycles. The van der Waals surface area contributed by atoms with Crippen LogP contribution in [0.25, 0.3) is 10.8 Å². The van der Waals surface area contributed by atoms with Gasteiger partial charge in [0.05, 0.1) is 17.6 Å². The van der Waals surface area contributed by atoms with E-state index in [1.807, 2.05) is 17.0 Å². The van der Waals surface area contributed by atoms with Gasteiger partial charge in [0.2, 0.25) is 0 Å². The van der Waals surface area contributed by atoms with Crippen molar-refractivity contribution >= 4 is 22.1 Å². The first kappa shape index (κ1) is 11.9. The van der Waals surface area contributed by atoms with E-state index in [2.05, 4.69) is 16.9 Å². The number of aromatic nitrogens is 2. The summed E-state index contributed by atoms with van der Waals surface area (Å²) in [6, 6.07) is 0.268. The number of fused-ring (bicyclic) bond motifs is 1. The molecule has 1 fully saturated rings. The van der Waals surface area contributed by atoms with E-state index < -0.39 is 0 Å². The van der Waals surface area contributed by atoms with Crippen LogP contribution in [-0.2, 0) is 0 Å². The van der Waals surface area contributed by atoms with Gasteiger partial charge in [-0.1, -0.05) is 6.92 Å². The van der Waals surface area contributed by atoms with Crippen LogP contribution in [0.5, 0.6) is 0 Å². The number of piperidine rings is 1. The van der Waals surface area contributed by atoms with Crippen LogP contribution in [0.3, 0.4) is 0 Å². The average molecular weight is 263 g/mol. The van der Waals surface area contributed by atoms with Crippen molar-refractivity contribution in [2.75, 3.05) is 19.6 Å². The van der Waals surface area contributed by atoms with Crippen LogP contribution in [0.15, 0.2) is 21.8 Å². The minimum atomic E-state index is 0.0729. The molecule has 5 heteroatoms. The summed E-state index contributed by atoms with van der Waals surface area (Å²) in [5.74, 6) is 0. The van der Waals surface area contributed by atoms with E-state index >= 15 is 0 Å². The Balaban J connectivity index is 1.91. The van der Waals surface area contributed by atoms with Gasteiger partial charge in [-0.05, 0) is 19.4 Å². The van der Waals surface area contributed by atoms with E-state index in [4.69, 9.17) is 0 Å². The molecule has 0 radical (unpaired) electrons. The van der Waals surface area contributed by atoms with Crippen LogP contribution < -0.4 is 5.56 Å². The Morgan fingerprint density at radius 2 is 2.17 bits per heavy atom. The van der Waals surface area contributed by atoms with Gasteiger partial charge in [0.1, 0.15) is 0 Å². The molecule has 0 aliphatic carbocycles. The maximum absolute atomic E-state index is 12.3. The molecule has 1 saturated heterocycles. The van der Waals surface area contributed by atoms with Crippen molar-refractivity contribution in [2.24, 2.45) is 0 Å². The Kier molecular flexibility index (Phi) is 3.18. The largest absolute Gasteiger partial charge is 0.303 e. The molecule has 3 rings (SSSR count). The maximum Gasteiger partial charge on any atom is 0.275 e. The van der Waals surface area contributed by atoms with Crippen LogP contribution in [0.1, 0.15) is 25.8 Å². The Labute approximate surface area is 110 Å². The molecule has 1 aliphatic heterocycles. The summed E-state index contributed by atoms with van der Waals surface area (Å²) in [6.07, 6.45) is 3.87. The molecular weight excluding hydrogens is 246 g/mol. The van der Waals surface area contributed by atoms with Crippen LogP contribution in [-0.4, -0.2) is 34.3 Å². The summed E-state index contributed by atoms with van der Waals surface area (Å²) in [4.78, 5) is 14.8. The molecule has 0 bridgehead atoms. The van der Waals surface area contributed by atoms with Crippen molar-refractivity contribution in [1.82, 2.24) is 14.7 Å². The molecule has 4 nitrogen and oxygen atoms in total. The predicted octanol–water partition coefficient (Wildman–Crippen LogP) is 2.11. The molecule has 0 atom stereocenters. The predicted molar refractivity (Wildman–Crippen MR) is 74.3 cm³/mol. The SMILES string of the molecule is CCN1CCC(n2ncc3cscc3c2=O)CC1. The summed E-state index contributed by atoms with van der Waals surface area (Å²) in [5, 5.41) is 10.0. The lowest BCUT2D eigenvalue weighted by atomic mass is 10.1. The van der Waals surface area contributed by atoms with Gasteiger partial charge in [0, 0.05) is 29.2 Å². The first-order valence-electron chi connectivity index (χ1n) is 6.45. The zero-order valence-corrected chi connectivity index (χ0v) is 11.3. The second-order valence-corrected chi connectivity index (χ2v) is 5.54. The topological polar surface area (TPSA) is 38.1 Å². The number of hydrogen-bond acceptors (Lipinski definition) is 4. The lowest BCUT2D eigenvalue weighted by Crippen LogP contribution is -2.38. The second-order valence-electron chi connectivity index (χ2n) is 4.80. The van der Waals surface area contributed by atoms with E-state index in [1.54, 1.807) is 16.0 Å². The lowest BCUT2D eigenvalue weighted by molar-refractivity contribution is 0.185. The summed E-state index contributed by atoms with van der Waals surface area (Å²) in [5.41, 5.74) is 0.0729. The molecule has 96 valence electrons. The molecule has 18 heavy (non-hydrogen) atoms. The van der Waals surface area contributed by atoms with Gasteiger partial charge < -0.3 is 4.90 Å². The molecule has 2 aromatic rings. The van der Waals surface area contributed by atoms with Crippen molar-refractivity contribution in [2.45, 2.75) is 25.8 Å². The first-order chi connectivity index (χ1) is 8.79. The second kappa shape index (κ2) is 4.82. The highest BCUT2D eigenvalue weighted by molar-refractivity contribution is 7.09. The minimum Gasteiger partial charge on any atom is -0.303 e. The third-order valence-corrected chi connectivity index (χ3v) is 4.56. The van der Waals surface area contributed by atoms with Gasteiger partial charge in [-0.3, -0.25) is 4.79 Å². The van der Waals surface area contributed by atoms with Crippen LogP contribution in [0.2, 0.25) is 0 Å². The van der Waals surface area contributed by atoms with Crippen molar-refractivity contribution < 1.29 is 0 Å². The molecule has 0 amide bonds. The quantitative estimate of drug-likeness (QED) is 0.833. The van der Waals surface area contributed by atoms with Crippen molar-refractivity contribution in [3.63, 3.8) is 0 Å². The highest BCUT2D eigenvalue weighted by atomic mass is 32.1. The van der Waals surface area contributed by atoms with Crippen molar-refractivity contribution in [1.29, 1.82) is 0 Å². The van der Waals surface area contributed by atoms with Gasteiger partial charge in [-0.2, -0.15) is 16.4 Å². The van der Waals surface area contributed by atoms with Crippen LogP contribution in [0.4, 0.5) is 0 Å². The standard InChI is InChI=1S/C13H17N3OS/c1-2-15-5-3-11(4-6-15)16-13(17)12-9-18-8-10(12)7-14-16/h7-9,11H,2-6H2,1H3. The minimum absolute atomic E-state index is 0.0729. The zero-order valence-electron chi connectivity index (χ0n) is 10.5. The highest BCUT2D eigenvalue weighted by Gasteiger charge is 2.21. The molecule has 0 spiro atoms. The van der Waals surface area contributed by atoms with E-state index in [-0.39, 0.29) is 11.6 Å². The molecule has 1 aliphatic rings. The summed E-state index contributed by atoms with van der Waals surface area (Å²) < 4.78 is 1.70. The van der Waals surface area contributed by atoms with Gasteiger partial charge >= 0.3 is 0 Å². The Bertz CT molecular complexity index is 596. The number of nitrogens with zero attached hydrogens (tertiary/aromatic N) is 3. The van der Waals surface area contributed by atoms with Gasteiger partial charge in [-0.15, -0.1) is 0 Å². The highest BCUT2D eigenvalue weighted by Crippen LogP contribution is 2.21. The van der Waals surface area contributed by atoms with E-state index in [1.165, 1.54) is 0 Å².